The summed E-state index contributed by atoms with van der Waals surface area (Å²) in [5.74, 6) is -1.27. The number of rotatable bonds is 14. The number of para-hydroxylation sites is 2. The van der Waals surface area contributed by atoms with Crippen LogP contribution in [0.25, 0.3) is 0 Å². The zero-order valence-corrected chi connectivity index (χ0v) is 32.4. The molecule has 0 fully saturated rings. The van der Waals surface area contributed by atoms with Crippen LogP contribution in [-0.4, -0.2) is 75.7 Å². The summed E-state index contributed by atoms with van der Waals surface area (Å²) in [5, 5.41) is 18.0. The Kier molecular flexibility index (Phi) is 16.1. The van der Waals surface area contributed by atoms with E-state index < -0.39 is 20.2 Å². The van der Waals surface area contributed by atoms with Gasteiger partial charge in [-0.05, 0) is 77.8 Å². The number of nitrogens with zero attached hydrogens (tertiary/aromatic N) is 2. The topological polar surface area (TPSA) is 146 Å². The molecule has 0 saturated carbocycles. The summed E-state index contributed by atoms with van der Waals surface area (Å²) in [7, 11) is -0.548. The Hall–Kier alpha value is -5.14. The summed E-state index contributed by atoms with van der Waals surface area (Å²) >= 11 is 0. The van der Waals surface area contributed by atoms with E-state index in [1.54, 1.807) is 65.0 Å². The van der Waals surface area contributed by atoms with E-state index >= 15 is 0 Å². The van der Waals surface area contributed by atoms with E-state index in [9.17, 15) is 24.3 Å². The molecule has 0 spiro atoms. The van der Waals surface area contributed by atoms with Gasteiger partial charge in [0, 0.05) is 30.0 Å². The summed E-state index contributed by atoms with van der Waals surface area (Å²) in [6.45, 7) is 12.0. The second-order valence-electron chi connectivity index (χ2n) is 13.8. The molecule has 0 aliphatic heterocycles. The molecule has 0 aliphatic carbocycles. The van der Waals surface area contributed by atoms with Crippen LogP contribution in [0.15, 0.2) is 109 Å². The molecular formula is C41H51N3O8Si. The molecule has 4 aromatic carbocycles. The lowest BCUT2D eigenvalue weighted by atomic mass is 10.1. The second kappa shape index (κ2) is 20.2. The van der Waals surface area contributed by atoms with Gasteiger partial charge in [-0.1, -0.05) is 81.4 Å². The van der Waals surface area contributed by atoms with Crippen molar-refractivity contribution in [3.8, 4) is 0 Å². The van der Waals surface area contributed by atoms with Gasteiger partial charge in [-0.2, -0.15) is 0 Å². The Labute approximate surface area is 313 Å². The van der Waals surface area contributed by atoms with E-state index in [4.69, 9.17) is 14.4 Å². The number of hydrogen-bond donors (Lipinski definition) is 3. The van der Waals surface area contributed by atoms with Crippen LogP contribution < -0.4 is 15.3 Å². The van der Waals surface area contributed by atoms with Gasteiger partial charge in [-0.25, -0.2) is 10.3 Å². The molecule has 4 aromatic rings. The van der Waals surface area contributed by atoms with Crippen LogP contribution >= 0.6 is 0 Å². The number of anilines is 2. The third kappa shape index (κ3) is 12.8. The maximum absolute atomic E-state index is 13.2. The van der Waals surface area contributed by atoms with E-state index in [2.05, 4.69) is 33.9 Å². The highest BCUT2D eigenvalue weighted by Gasteiger charge is 2.37. The van der Waals surface area contributed by atoms with Crippen LogP contribution in [-0.2, 0) is 31.6 Å². The van der Waals surface area contributed by atoms with Crippen molar-refractivity contribution in [3.63, 3.8) is 0 Å². The molecule has 0 saturated heterocycles. The molecule has 12 heteroatoms. The fraction of sp³-hybridized carbons (Fsp3) is 0.317. The van der Waals surface area contributed by atoms with E-state index in [-0.39, 0.29) is 48.4 Å². The summed E-state index contributed by atoms with van der Waals surface area (Å²) in [6.07, 6.45) is 0.279. The molecule has 0 aliphatic rings. The second-order valence-corrected chi connectivity index (χ2v) is 18.6. The quantitative estimate of drug-likeness (QED) is 0.0580. The minimum absolute atomic E-state index is 0.0398. The third-order valence-electron chi connectivity index (χ3n) is 8.99. The lowest BCUT2D eigenvalue weighted by Gasteiger charge is -2.36. The molecule has 11 nitrogen and oxygen atoms in total. The highest BCUT2D eigenvalue weighted by molar-refractivity contribution is 6.74. The van der Waals surface area contributed by atoms with Gasteiger partial charge >= 0.3 is 5.97 Å². The van der Waals surface area contributed by atoms with E-state index in [1.165, 1.54) is 12.0 Å². The van der Waals surface area contributed by atoms with Gasteiger partial charge in [0.1, 0.15) is 0 Å². The Morgan fingerprint density at radius 2 is 1.17 bits per heavy atom. The van der Waals surface area contributed by atoms with Crippen molar-refractivity contribution in [1.29, 1.82) is 0 Å². The van der Waals surface area contributed by atoms with Crippen LogP contribution in [0.3, 0.4) is 0 Å². The van der Waals surface area contributed by atoms with Crippen molar-refractivity contribution in [2.75, 3.05) is 43.2 Å². The van der Waals surface area contributed by atoms with Crippen LogP contribution in [0, 0.1) is 0 Å². The summed E-state index contributed by atoms with van der Waals surface area (Å²) in [6, 6.07) is 32.2. The van der Waals surface area contributed by atoms with Crippen molar-refractivity contribution >= 4 is 43.4 Å². The molecule has 3 amide bonds. The van der Waals surface area contributed by atoms with Gasteiger partial charge < -0.3 is 24.1 Å². The number of ether oxygens (including phenoxy) is 1. The Morgan fingerprint density at radius 1 is 0.698 bits per heavy atom. The summed E-state index contributed by atoms with van der Waals surface area (Å²) < 4.78 is 11.1. The standard InChI is InChI=1S/C24H33NO4Si.C17H18N2O4/c1-24(2,3)30(5,6)29-16-15-25(21-13-8-7-9-14-21)22(26)18-19-11-10-12-20(17-19)23(27)28-4;20-10-9-19(15-7-2-1-3-8-15)16(21)12-13-5-4-6-14(11-13)17(22)18-23/h7-14,17H,15-16,18H2,1-6H3;1-8,11,20,23H,9-10,12H2,(H,18,22). The Bertz CT molecular complexity index is 1800. The number of methoxy groups -OCH3 is 1. The first-order valence-electron chi connectivity index (χ1n) is 17.4. The molecule has 53 heavy (non-hydrogen) atoms. The van der Waals surface area contributed by atoms with Crippen molar-refractivity contribution < 1.29 is 38.7 Å². The average Bonchev–Trinajstić information content (AvgIpc) is 3.15. The molecule has 0 bridgehead atoms. The highest BCUT2D eigenvalue weighted by Crippen LogP contribution is 2.36. The van der Waals surface area contributed by atoms with Crippen molar-refractivity contribution in [3.05, 3.63) is 131 Å². The van der Waals surface area contributed by atoms with Gasteiger partial charge in [0.15, 0.2) is 8.32 Å². The Morgan fingerprint density at radius 3 is 1.62 bits per heavy atom. The van der Waals surface area contributed by atoms with Crippen molar-refractivity contribution in [2.24, 2.45) is 0 Å². The molecule has 282 valence electrons. The molecule has 0 aromatic heterocycles. The van der Waals surface area contributed by atoms with Gasteiger partial charge in [-0.3, -0.25) is 19.6 Å². The number of nitrogens with one attached hydrogen (secondary N) is 1. The first kappa shape index (κ1) is 42.3. The first-order chi connectivity index (χ1) is 25.2. The normalized spacial score (nSPS) is 11.1. The minimum atomic E-state index is -1.90. The lowest BCUT2D eigenvalue weighted by molar-refractivity contribution is -0.118. The fourth-order valence-electron chi connectivity index (χ4n) is 5.07. The highest BCUT2D eigenvalue weighted by atomic mass is 28.4. The Balaban J connectivity index is 0.000000295. The third-order valence-corrected chi connectivity index (χ3v) is 13.5. The smallest absolute Gasteiger partial charge is 0.337 e. The van der Waals surface area contributed by atoms with Crippen LogP contribution in [0.1, 0.15) is 52.6 Å². The number of carbonyl (C=O) groups is 4. The SMILES string of the molecule is COC(=O)c1cccc(CC(=O)N(CCO[Si](C)(C)C(C)(C)C)c2ccccc2)c1.O=C(NO)c1cccc(CC(=O)N(CCO)c2ccccc2)c1. The number of aliphatic hydroxyl groups excluding tert-OH is 1. The predicted octanol–water partition coefficient (Wildman–Crippen LogP) is 6.44. The number of hydrogen-bond acceptors (Lipinski definition) is 8. The maximum Gasteiger partial charge on any atom is 0.337 e. The monoisotopic (exact) mass is 741 g/mol. The zero-order valence-electron chi connectivity index (χ0n) is 31.4. The fourth-order valence-corrected chi connectivity index (χ4v) is 6.11. The zero-order chi connectivity index (χ0) is 39.0. The van der Waals surface area contributed by atoms with Crippen LogP contribution in [0.5, 0.6) is 0 Å². The van der Waals surface area contributed by atoms with Gasteiger partial charge in [0.25, 0.3) is 5.91 Å². The van der Waals surface area contributed by atoms with Crippen LogP contribution in [0.2, 0.25) is 18.1 Å². The summed E-state index contributed by atoms with van der Waals surface area (Å²) in [5.41, 5.74) is 5.24. The number of carbonyl (C=O) groups excluding carboxylic acids is 4. The van der Waals surface area contributed by atoms with E-state index in [0.717, 1.165) is 11.3 Å². The van der Waals surface area contributed by atoms with E-state index in [0.29, 0.717) is 30.0 Å². The van der Waals surface area contributed by atoms with E-state index in [1.807, 2.05) is 54.6 Å². The number of hydroxylamine groups is 1. The number of esters is 1. The maximum atomic E-state index is 13.2. The molecular weight excluding hydrogens is 691 g/mol. The number of aliphatic hydroxyl groups is 1. The molecule has 3 N–H and O–H groups in total. The lowest BCUT2D eigenvalue weighted by Crippen LogP contribution is -2.44. The molecule has 0 heterocycles. The average molecular weight is 742 g/mol. The predicted molar refractivity (Wildman–Crippen MR) is 209 cm³/mol. The molecule has 4 rings (SSSR count). The molecule has 0 atom stereocenters. The van der Waals surface area contributed by atoms with Crippen molar-refractivity contribution in [2.45, 2.75) is 51.7 Å². The van der Waals surface area contributed by atoms with Crippen LogP contribution in [0.4, 0.5) is 11.4 Å². The molecule has 0 radical (unpaired) electrons. The number of benzene rings is 4. The molecule has 0 unspecified atom stereocenters. The number of amides is 3. The summed E-state index contributed by atoms with van der Waals surface area (Å²) in [4.78, 5) is 52.2. The van der Waals surface area contributed by atoms with Gasteiger partial charge in [0.05, 0.1) is 38.7 Å². The largest absolute Gasteiger partial charge is 0.465 e. The van der Waals surface area contributed by atoms with Gasteiger partial charge in [0.2, 0.25) is 11.8 Å². The van der Waals surface area contributed by atoms with Gasteiger partial charge in [-0.15, -0.1) is 0 Å². The first-order valence-corrected chi connectivity index (χ1v) is 20.3. The minimum Gasteiger partial charge on any atom is -0.465 e. The van der Waals surface area contributed by atoms with Crippen molar-refractivity contribution in [1.82, 2.24) is 5.48 Å².